The van der Waals surface area contributed by atoms with Crippen LogP contribution in [0.5, 0.6) is 0 Å². The SMILES string of the molecule is CC(C)CCCCC(=O)O.[AlH3].[CH2-]C(C)C.[CH2-]C(C)C.[CH2-]C(C)C.[Ni+3]. The van der Waals surface area contributed by atoms with Crippen molar-refractivity contribution in [2.24, 2.45) is 23.7 Å². The van der Waals surface area contributed by atoms with Gasteiger partial charge in [-0.15, -0.1) is 0 Å². The van der Waals surface area contributed by atoms with Gasteiger partial charge in [0.1, 0.15) is 0 Å². The molecule has 2 nitrogen and oxygen atoms in total. The van der Waals surface area contributed by atoms with Gasteiger partial charge in [-0.3, -0.25) is 4.79 Å². The Hall–Kier alpha value is 0.496. The van der Waals surface area contributed by atoms with E-state index in [-0.39, 0.29) is 33.9 Å². The first kappa shape index (κ1) is 39.5. The molecule has 0 heterocycles. The van der Waals surface area contributed by atoms with Gasteiger partial charge in [-0.25, -0.2) is 0 Å². The molecule has 0 aliphatic heterocycles. The normalized spacial score (nSPS) is 8.79. The van der Waals surface area contributed by atoms with Crippen molar-refractivity contribution in [1.82, 2.24) is 0 Å². The number of aliphatic carboxylic acids is 1. The number of carbonyl (C=O) groups is 1. The maximum atomic E-state index is 10.0. The molecule has 0 saturated carbocycles. The fourth-order valence-electron chi connectivity index (χ4n) is 0.829. The largest absolute Gasteiger partial charge is 3.00 e. The van der Waals surface area contributed by atoms with E-state index in [0.717, 1.165) is 19.3 Å². The Labute approximate surface area is 175 Å². The van der Waals surface area contributed by atoms with E-state index in [1.165, 1.54) is 0 Å². The predicted octanol–water partition coefficient (Wildman–Crippen LogP) is 5.53. The molecule has 0 rings (SSSR count). The van der Waals surface area contributed by atoms with Crippen molar-refractivity contribution in [3.63, 3.8) is 0 Å². The zero-order valence-electron chi connectivity index (χ0n) is 16.9. The first-order valence-corrected chi connectivity index (χ1v) is 8.53. The average Bonchev–Trinajstić information content (AvgIpc) is 2.21. The van der Waals surface area contributed by atoms with Crippen LogP contribution in [0.4, 0.5) is 0 Å². The van der Waals surface area contributed by atoms with Crippen molar-refractivity contribution < 1.29 is 26.4 Å². The Balaban J connectivity index is -0.0000000492. The molecule has 0 aromatic heterocycles. The molecular weight excluding hydrogens is 358 g/mol. The van der Waals surface area contributed by atoms with Gasteiger partial charge in [0, 0.05) is 6.42 Å². The molecule has 0 aliphatic rings. The summed E-state index contributed by atoms with van der Waals surface area (Å²) in [6.07, 6.45) is 3.34. The molecule has 0 aromatic carbocycles. The van der Waals surface area contributed by atoms with Gasteiger partial charge in [0.05, 0.1) is 0 Å². The number of unbranched alkanes of at least 4 members (excludes halogenated alkanes) is 1. The van der Waals surface area contributed by atoms with Crippen LogP contribution in [0.25, 0.3) is 0 Å². The van der Waals surface area contributed by atoms with E-state index >= 15 is 0 Å². The third-order valence-corrected chi connectivity index (χ3v) is 1.42. The van der Waals surface area contributed by atoms with Gasteiger partial charge >= 0.3 is 22.5 Å². The molecule has 0 unspecified atom stereocenters. The average molecular weight is 404 g/mol. The van der Waals surface area contributed by atoms with Gasteiger partial charge in [0.15, 0.2) is 17.4 Å². The fourth-order valence-corrected chi connectivity index (χ4v) is 0.829. The van der Waals surface area contributed by atoms with E-state index < -0.39 is 5.97 Å². The summed E-state index contributed by atoms with van der Waals surface area (Å²) in [5, 5.41) is 8.28. The van der Waals surface area contributed by atoms with E-state index in [0.29, 0.717) is 30.1 Å². The molecule has 1 radical (unpaired) electrons. The third kappa shape index (κ3) is 185. The summed E-state index contributed by atoms with van der Waals surface area (Å²) in [6, 6.07) is 0. The van der Waals surface area contributed by atoms with E-state index in [9.17, 15) is 4.79 Å². The molecule has 0 aliphatic carbocycles. The van der Waals surface area contributed by atoms with Crippen molar-refractivity contribution in [2.75, 3.05) is 0 Å². The first-order chi connectivity index (χ1) is 9.82. The summed E-state index contributed by atoms with van der Waals surface area (Å²) in [5.41, 5.74) is 0. The number of hydrogen-bond acceptors (Lipinski definition) is 1. The second-order valence-corrected chi connectivity index (χ2v) is 7.21. The minimum Gasteiger partial charge on any atom is -0.481 e. The Morgan fingerprint density at radius 1 is 0.792 bits per heavy atom. The van der Waals surface area contributed by atoms with Crippen molar-refractivity contribution >= 4 is 23.3 Å². The molecule has 4 heteroatoms. The van der Waals surface area contributed by atoms with Crippen molar-refractivity contribution in [2.45, 2.75) is 81.1 Å². The van der Waals surface area contributed by atoms with Gasteiger partial charge in [-0.05, 0) is 12.3 Å². The molecule has 0 amide bonds. The fraction of sp³-hybridized carbons (Fsp3) is 0.800. The zero-order valence-corrected chi connectivity index (χ0v) is 17.9. The van der Waals surface area contributed by atoms with Crippen molar-refractivity contribution in [1.29, 1.82) is 0 Å². The molecule has 0 bridgehead atoms. The Morgan fingerprint density at radius 2 is 1.04 bits per heavy atom. The van der Waals surface area contributed by atoms with E-state index in [1.807, 2.05) is 0 Å². The Bertz CT molecular complexity index is 183. The van der Waals surface area contributed by atoms with Crippen molar-refractivity contribution in [3.05, 3.63) is 20.8 Å². The number of carboxylic acids is 1. The zero-order chi connectivity index (χ0) is 18.7. The van der Waals surface area contributed by atoms with E-state index in [1.54, 1.807) is 0 Å². The third-order valence-electron chi connectivity index (χ3n) is 1.42. The second-order valence-electron chi connectivity index (χ2n) is 7.21. The summed E-state index contributed by atoms with van der Waals surface area (Å²) in [7, 11) is 0. The smallest absolute Gasteiger partial charge is 0.481 e. The van der Waals surface area contributed by atoms with Crippen LogP contribution in [0.2, 0.25) is 0 Å². The van der Waals surface area contributed by atoms with Crippen LogP contribution in [-0.4, -0.2) is 28.4 Å². The van der Waals surface area contributed by atoms with Crippen LogP contribution in [0.1, 0.15) is 81.1 Å². The quantitative estimate of drug-likeness (QED) is 0.372. The van der Waals surface area contributed by atoms with E-state index in [2.05, 4.69) is 76.2 Å². The molecule has 0 atom stereocenters. The minimum atomic E-state index is -0.677. The van der Waals surface area contributed by atoms with Gasteiger partial charge < -0.3 is 25.9 Å². The van der Waals surface area contributed by atoms with Gasteiger partial charge in [-0.1, -0.05) is 68.2 Å². The number of rotatable bonds is 5. The molecule has 0 spiro atoms. The minimum absolute atomic E-state index is 0. The molecule has 0 saturated heterocycles. The van der Waals surface area contributed by atoms with Crippen LogP contribution in [0, 0.1) is 44.4 Å². The molecule has 0 fully saturated rings. The number of carboxylic acid groups (broad SMARTS) is 1. The standard InChI is InChI=1S/C8H16O2.3C4H9.Al.Ni.3H/c1-7(2)5-3-4-6-8(9)10;3*1-4(2)3;;;;;/h7H,3-6H2,1-2H3,(H,9,10);3*4H,1H2,2-3H3;;;;;/q;3*-1;;+3;;;. The maximum absolute atomic E-state index is 10.0. The van der Waals surface area contributed by atoms with Crippen LogP contribution in [0.3, 0.4) is 0 Å². The summed E-state index contributed by atoms with van der Waals surface area (Å²) >= 11 is 0. The monoisotopic (exact) mass is 403 g/mol. The molecule has 1 N–H and O–H groups in total. The maximum Gasteiger partial charge on any atom is 3.00 e. The van der Waals surface area contributed by atoms with Crippen molar-refractivity contribution in [3.8, 4) is 0 Å². The molecule has 24 heavy (non-hydrogen) atoms. The van der Waals surface area contributed by atoms with Gasteiger partial charge in [-0.2, -0.15) is 17.8 Å². The van der Waals surface area contributed by atoms with Crippen LogP contribution < -0.4 is 0 Å². The summed E-state index contributed by atoms with van der Waals surface area (Å²) in [5.74, 6) is 1.78. The van der Waals surface area contributed by atoms with E-state index in [4.69, 9.17) is 5.11 Å². The topological polar surface area (TPSA) is 37.3 Å². The molecule has 0 aromatic rings. The second kappa shape index (κ2) is 31.3. The Morgan fingerprint density at radius 3 is 1.21 bits per heavy atom. The van der Waals surface area contributed by atoms with Crippen LogP contribution in [0.15, 0.2) is 0 Å². The summed E-state index contributed by atoms with van der Waals surface area (Å²) in [6.45, 7) is 27.6. The summed E-state index contributed by atoms with van der Waals surface area (Å²) < 4.78 is 0. The van der Waals surface area contributed by atoms with Crippen LogP contribution >= 0.6 is 0 Å². The predicted molar refractivity (Wildman–Crippen MR) is 111 cm³/mol. The van der Waals surface area contributed by atoms with Gasteiger partial charge in [0.25, 0.3) is 0 Å². The molecule has 151 valence electrons. The Kier molecular flexibility index (Phi) is 51.5. The van der Waals surface area contributed by atoms with Crippen LogP contribution in [-0.2, 0) is 21.3 Å². The van der Waals surface area contributed by atoms with Gasteiger partial charge in [0.2, 0.25) is 0 Å². The molecular formula is C20H46AlNiO2. The summed E-state index contributed by atoms with van der Waals surface area (Å²) in [4.78, 5) is 10.0. The first-order valence-electron chi connectivity index (χ1n) is 8.53. The number of hydrogen-bond donors (Lipinski definition) is 1.